The Bertz CT molecular complexity index is 2920. The van der Waals surface area contributed by atoms with Crippen molar-refractivity contribution >= 4 is 62.3 Å². The summed E-state index contributed by atoms with van der Waals surface area (Å²) in [5.74, 6) is 1.93. The first-order valence-corrected chi connectivity index (χ1v) is 29.6. The lowest BCUT2D eigenvalue weighted by Crippen LogP contribution is -2.52. The van der Waals surface area contributed by atoms with Gasteiger partial charge >= 0.3 is 0 Å². The standard InChI is InChI=1S/C61H80Cl2N8O7S/c1-6-71-57-18-11-48(34-55(57)53-16-12-49(35-58(53)71)60-8-7-33-79-60)37-64-19-25-73-27-29-75-31-32-76-30-28-74-26-24-70-40-51(65-66-70)44-77-52-14-9-47(10-15-52)43-78-59(54-17-13-50(62)36-56(54)63)41-67-20-22-69(23-21-67)61(72)42-68(38-45(2)3)39-46(4)5/h7-18,33-36,40,45-46,59,64H,6,19-32,37-39,41-44H2,1-5H3. The molecule has 1 N–H and O–H groups in total. The topological polar surface area (TPSA) is 130 Å². The van der Waals surface area contributed by atoms with Gasteiger partial charge in [-0.2, -0.15) is 0 Å². The summed E-state index contributed by atoms with van der Waals surface area (Å²) >= 11 is 14.8. The minimum absolute atomic E-state index is 0.201. The van der Waals surface area contributed by atoms with Crippen LogP contribution in [-0.4, -0.2) is 152 Å². The average Bonchev–Trinajstić information content (AvgIpc) is 4.38. The number of aromatic nitrogens is 4. The second kappa shape index (κ2) is 31.3. The Morgan fingerprint density at radius 3 is 2.14 bits per heavy atom. The number of carbonyl (C=O) groups excluding carboxylic acids is 1. The number of benzene rings is 4. The van der Waals surface area contributed by atoms with E-state index in [-0.39, 0.29) is 18.6 Å². The molecule has 0 saturated carbocycles. The number of halogens is 2. The predicted molar refractivity (Wildman–Crippen MR) is 317 cm³/mol. The number of hydrogen-bond acceptors (Lipinski definition) is 13. The highest BCUT2D eigenvalue weighted by molar-refractivity contribution is 7.13. The molecule has 4 aromatic carbocycles. The molecular weight excluding hydrogens is 1060 g/mol. The second-order valence-electron chi connectivity index (χ2n) is 21.0. The summed E-state index contributed by atoms with van der Waals surface area (Å²) in [6, 6.07) is 31.3. The molecule has 15 nitrogen and oxygen atoms in total. The molecule has 1 atom stereocenters. The van der Waals surface area contributed by atoms with Crippen LogP contribution in [0.3, 0.4) is 0 Å². The van der Waals surface area contributed by atoms with Gasteiger partial charge in [0.2, 0.25) is 5.91 Å². The average molecular weight is 1140 g/mol. The Balaban J connectivity index is 0.644. The van der Waals surface area contributed by atoms with Crippen molar-refractivity contribution in [1.82, 2.24) is 39.6 Å². The van der Waals surface area contributed by atoms with Crippen LogP contribution in [0.1, 0.15) is 63.1 Å². The van der Waals surface area contributed by atoms with Crippen LogP contribution in [0.25, 0.3) is 32.2 Å². The van der Waals surface area contributed by atoms with E-state index in [1.54, 1.807) is 22.1 Å². The van der Waals surface area contributed by atoms with Crippen molar-refractivity contribution in [3.05, 3.63) is 135 Å². The summed E-state index contributed by atoms with van der Waals surface area (Å²) in [7, 11) is 0. The lowest BCUT2D eigenvalue weighted by molar-refractivity contribution is -0.134. The molecule has 18 heteroatoms. The molecule has 1 unspecified atom stereocenters. The number of carbonyl (C=O) groups is 1. The van der Waals surface area contributed by atoms with E-state index in [1.807, 2.05) is 47.5 Å². The maximum Gasteiger partial charge on any atom is 0.236 e. The van der Waals surface area contributed by atoms with E-state index < -0.39 is 0 Å². The summed E-state index contributed by atoms with van der Waals surface area (Å²) in [5, 5.41) is 17.9. The molecule has 1 saturated heterocycles. The molecule has 8 rings (SSSR count). The number of ether oxygens (including phenoxy) is 6. The van der Waals surface area contributed by atoms with Crippen molar-refractivity contribution < 1.29 is 33.2 Å². The van der Waals surface area contributed by atoms with E-state index in [9.17, 15) is 4.79 Å². The predicted octanol–water partition coefficient (Wildman–Crippen LogP) is 10.9. The van der Waals surface area contributed by atoms with Crippen LogP contribution in [0.4, 0.5) is 0 Å². The van der Waals surface area contributed by atoms with Crippen molar-refractivity contribution in [3.8, 4) is 16.2 Å². The van der Waals surface area contributed by atoms with Crippen LogP contribution in [0.15, 0.2) is 103 Å². The lowest BCUT2D eigenvalue weighted by Gasteiger charge is -2.37. The molecule has 0 bridgehead atoms. The smallest absolute Gasteiger partial charge is 0.236 e. The first kappa shape index (κ1) is 60.2. The minimum Gasteiger partial charge on any atom is -0.487 e. The zero-order chi connectivity index (χ0) is 55.3. The van der Waals surface area contributed by atoms with Gasteiger partial charge in [-0.3, -0.25) is 14.6 Å². The molecule has 0 aliphatic carbocycles. The van der Waals surface area contributed by atoms with Crippen LogP contribution in [0.5, 0.6) is 5.75 Å². The molecule has 4 heterocycles. The van der Waals surface area contributed by atoms with Crippen LogP contribution in [0.2, 0.25) is 10.0 Å². The summed E-state index contributed by atoms with van der Waals surface area (Å²) in [4.78, 5) is 21.3. The van der Waals surface area contributed by atoms with E-state index in [1.165, 1.54) is 37.8 Å². The fourth-order valence-corrected chi connectivity index (χ4v) is 11.2. The Kier molecular flexibility index (Phi) is 23.8. The zero-order valence-electron chi connectivity index (χ0n) is 46.8. The first-order chi connectivity index (χ1) is 38.5. The highest BCUT2D eigenvalue weighted by Gasteiger charge is 2.27. The maximum atomic E-state index is 13.4. The van der Waals surface area contributed by atoms with Crippen LogP contribution in [-0.2, 0) is 61.3 Å². The Hall–Kier alpha value is -4.95. The molecule has 79 heavy (non-hydrogen) atoms. The van der Waals surface area contributed by atoms with Gasteiger partial charge in [0.05, 0.1) is 84.9 Å². The molecule has 1 aliphatic heterocycles. The number of piperazine rings is 1. The van der Waals surface area contributed by atoms with Crippen molar-refractivity contribution in [2.24, 2.45) is 11.8 Å². The lowest BCUT2D eigenvalue weighted by atomic mass is 10.1. The number of nitrogens with one attached hydrogen (secondary N) is 1. The third-order valence-corrected chi connectivity index (χ3v) is 15.3. The molecule has 0 radical (unpaired) electrons. The molecule has 1 amide bonds. The van der Waals surface area contributed by atoms with Gasteiger partial charge in [-0.05, 0) is 89.4 Å². The van der Waals surface area contributed by atoms with Gasteiger partial charge in [-0.1, -0.05) is 98.6 Å². The Morgan fingerprint density at radius 1 is 0.747 bits per heavy atom. The molecule has 3 aromatic heterocycles. The molecule has 426 valence electrons. The highest BCUT2D eigenvalue weighted by Crippen LogP contribution is 2.35. The zero-order valence-corrected chi connectivity index (χ0v) is 49.1. The number of fused-ring (bicyclic) bond motifs is 3. The monoisotopic (exact) mass is 1140 g/mol. The Morgan fingerprint density at radius 2 is 1.46 bits per heavy atom. The van der Waals surface area contributed by atoms with Crippen LogP contribution < -0.4 is 10.1 Å². The largest absolute Gasteiger partial charge is 0.487 e. The molecule has 1 fully saturated rings. The van der Waals surface area contributed by atoms with E-state index in [2.05, 4.69) is 119 Å². The number of nitrogens with zero attached hydrogens (tertiary/aromatic N) is 7. The Labute approximate surface area is 480 Å². The number of thiophene rings is 1. The summed E-state index contributed by atoms with van der Waals surface area (Å²) in [6.07, 6.45) is 1.57. The fourth-order valence-electron chi connectivity index (χ4n) is 9.99. The van der Waals surface area contributed by atoms with Gasteiger partial charge < -0.3 is 43.2 Å². The van der Waals surface area contributed by atoms with Crippen molar-refractivity contribution in [1.29, 1.82) is 0 Å². The van der Waals surface area contributed by atoms with E-state index in [0.717, 1.165) is 62.6 Å². The van der Waals surface area contributed by atoms with E-state index in [0.29, 0.717) is 120 Å². The quantitative estimate of drug-likeness (QED) is 0.0386. The third kappa shape index (κ3) is 18.5. The van der Waals surface area contributed by atoms with Crippen LogP contribution in [0, 0.1) is 11.8 Å². The van der Waals surface area contributed by atoms with Crippen LogP contribution >= 0.6 is 34.5 Å². The first-order valence-electron chi connectivity index (χ1n) is 28.0. The van der Waals surface area contributed by atoms with Crippen molar-refractivity contribution in [3.63, 3.8) is 0 Å². The molecule has 0 spiro atoms. The number of rotatable bonds is 34. The van der Waals surface area contributed by atoms with E-state index in [4.69, 9.17) is 51.6 Å². The van der Waals surface area contributed by atoms with Gasteiger partial charge in [0.1, 0.15) is 18.1 Å². The molecular formula is C61H80Cl2N8O7S. The molecule has 1 aliphatic rings. The normalized spacial score (nSPS) is 13.8. The van der Waals surface area contributed by atoms with Gasteiger partial charge in [0.15, 0.2) is 0 Å². The number of amides is 1. The van der Waals surface area contributed by atoms with Gasteiger partial charge in [-0.15, -0.1) is 16.4 Å². The highest BCUT2D eigenvalue weighted by atomic mass is 35.5. The maximum absolute atomic E-state index is 13.4. The summed E-state index contributed by atoms with van der Waals surface area (Å²) in [6.45, 7) is 24.6. The summed E-state index contributed by atoms with van der Waals surface area (Å²) in [5.41, 5.74) is 7.69. The molecule has 7 aromatic rings. The van der Waals surface area contributed by atoms with E-state index >= 15 is 0 Å². The van der Waals surface area contributed by atoms with Gasteiger partial charge in [0, 0.05) is 108 Å². The fraction of sp³-hybridized carbons (Fsp3) is 0.492. The summed E-state index contributed by atoms with van der Waals surface area (Å²) < 4.78 is 39.7. The van der Waals surface area contributed by atoms with Gasteiger partial charge in [-0.25, -0.2) is 4.68 Å². The van der Waals surface area contributed by atoms with Crippen molar-refractivity contribution in [2.75, 3.05) is 112 Å². The SMILES string of the molecule is CCn1c2ccc(CNCCOCCOCCOCCOCCn3cc(COc4ccc(COC(CN5CCN(C(=O)CN(CC(C)C)CC(C)C)CC5)c5ccc(Cl)cc5Cl)cc4)nn3)cc2c2ccc(-c3cccs3)cc21. The number of hydrogen-bond donors (Lipinski definition) is 1. The third-order valence-electron chi connectivity index (χ3n) is 13.8. The van der Waals surface area contributed by atoms with Gasteiger partial charge in [0.25, 0.3) is 0 Å². The van der Waals surface area contributed by atoms with Crippen molar-refractivity contribution in [2.45, 2.75) is 73.6 Å². The minimum atomic E-state index is -0.299. The number of aryl methyl sites for hydroxylation is 1. The second-order valence-corrected chi connectivity index (χ2v) is 22.8.